The van der Waals surface area contributed by atoms with Gasteiger partial charge in [0.1, 0.15) is 17.6 Å². The molecule has 0 fully saturated rings. The number of benzene rings is 1. The molecular formula is C20H28N6O6S. The van der Waals surface area contributed by atoms with Gasteiger partial charge in [-0.2, -0.15) is 4.72 Å². The predicted octanol–water partition coefficient (Wildman–Crippen LogP) is -0.139. The Kier molecular flexibility index (Phi) is 8.94. The van der Waals surface area contributed by atoms with Gasteiger partial charge in [0.25, 0.3) is 5.91 Å². The van der Waals surface area contributed by atoms with Crippen molar-refractivity contribution < 1.29 is 27.9 Å². The Hall–Kier alpha value is -3.45. The highest BCUT2D eigenvalue weighted by Gasteiger charge is 2.24. The van der Waals surface area contributed by atoms with Crippen molar-refractivity contribution in [2.24, 2.45) is 5.73 Å². The minimum atomic E-state index is -3.77. The van der Waals surface area contributed by atoms with Crippen LogP contribution in [-0.2, 0) is 19.6 Å². The lowest BCUT2D eigenvalue weighted by atomic mass is 10.1. The summed E-state index contributed by atoms with van der Waals surface area (Å²) in [5.74, 6) is -2.69. The number of aliphatic carboxylic acids is 1. The Labute approximate surface area is 190 Å². The molecule has 180 valence electrons. The average molecular weight is 481 g/mol. The van der Waals surface area contributed by atoms with Gasteiger partial charge >= 0.3 is 5.97 Å². The molecule has 0 saturated carbocycles. The molecular weight excluding hydrogens is 452 g/mol. The normalized spacial score (nSPS) is 12.3. The molecule has 2 aromatic rings. The second-order valence-electron chi connectivity index (χ2n) is 7.39. The Morgan fingerprint density at radius 2 is 1.94 bits per heavy atom. The van der Waals surface area contributed by atoms with Crippen molar-refractivity contribution in [2.75, 3.05) is 18.8 Å². The second kappa shape index (κ2) is 11.4. The lowest BCUT2D eigenvalue weighted by Gasteiger charge is -2.15. The summed E-state index contributed by atoms with van der Waals surface area (Å²) >= 11 is 0. The highest BCUT2D eigenvalue weighted by atomic mass is 32.2. The van der Waals surface area contributed by atoms with Gasteiger partial charge in [-0.1, -0.05) is 25.5 Å². The number of aromatic nitrogens is 1. The number of aromatic amines is 1. The van der Waals surface area contributed by atoms with E-state index >= 15 is 0 Å². The third-order valence-electron chi connectivity index (χ3n) is 4.71. The van der Waals surface area contributed by atoms with Crippen molar-refractivity contribution in [2.45, 2.75) is 32.2 Å². The standard InChI is InChI=1S/C20H28N6O6S/c1-2-3-8-33(31,32)26-16(20(29)30)11-24-17(27)6-7-23-19(28)15-9-12-4-5-13(18(21)22)10-14(12)25-15/h4-5,9-10,16,25-26H,2-3,6-8,11H2,1H3,(H3,21,22)(H,23,28)(H,24,27)(H,29,30)/t16-/m0/s1. The molecule has 1 aromatic heterocycles. The third-order valence-corrected chi connectivity index (χ3v) is 6.18. The fourth-order valence-corrected chi connectivity index (χ4v) is 4.30. The summed E-state index contributed by atoms with van der Waals surface area (Å²) in [7, 11) is -3.77. The lowest BCUT2D eigenvalue weighted by molar-refractivity contribution is -0.138. The number of carbonyl (C=O) groups is 3. The lowest BCUT2D eigenvalue weighted by Crippen LogP contribution is -2.49. The molecule has 0 bridgehead atoms. The van der Waals surface area contributed by atoms with E-state index in [1.165, 1.54) is 0 Å². The number of hydrogen-bond donors (Lipinski definition) is 7. The van der Waals surface area contributed by atoms with Crippen LogP contribution in [0, 0.1) is 5.41 Å². The quantitative estimate of drug-likeness (QED) is 0.152. The Morgan fingerprint density at radius 3 is 2.58 bits per heavy atom. The van der Waals surface area contributed by atoms with Gasteiger partial charge in [-0.15, -0.1) is 0 Å². The maximum absolute atomic E-state index is 12.3. The van der Waals surface area contributed by atoms with E-state index < -0.39 is 40.4 Å². The van der Waals surface area contributed by atoms with Crippen LogP contribution in [0.5, 0.6) is 0 Å². The number of amidine groups is 1. The molecule has 1 aromatic carbocycles. The summed E-state index contributed by atoms with van der Waals surface area (Å²) < 4.78 is 25.9. The van der Waals surface area contributed by atoms with E-state index in [1.807, 2.05) is 6.92 Å². The number of nitrogen functional groups attached to an aromatic ring is 1. The van der Waals surface area contributed by atoms with Crippen LogP contribution in [0.3, 0.4) is 0 Å². The van der Waals surface area contributed by atoms with Crippen molar-refractivity contribution in [1.82, 2.24) is 20.3 Å². The average Bonchev–Trinajstić information content (AvgIpc) is 3.18. The molecule has 12 nitrogen and oxygen atoms in total. The van der Waals surface area contributed by atoms with E-state index in [0.717, 1.165) is 5.39 Å². The predicted molar refractivity (Wildman–Crippen MR) is 123 cm³/mol. The van der Waals surface area contributed by atoms with Crippen molar-refractivity contribution in [3.8, 4) is 0 Å². The van der Waals surface area contributed by atoms with Gasteiger partial charge in [0, 0.05) is 36.0 Å². The maximum Gasteiger partial charge on any atom is 0.323 e. The number of nitrogens with two attached hydrogens (primary N) is 1. The minimum absolute atomic E-state index is 0.0152. The molecule has 0 radical (unpaired) electrons. The summed E-state index contributed by atoms with van der Waals surface area (Å²) in [4.78, 5) is 38.5. The molecule has 8 N–H and O–H groups in total. The molecule has 1 atom stereocenters. The van der Waals surface area contributed by atoms with Crippen LogP contribution in [0.2, 0.25) is 0 Å². The highest BCUT2D eigenvalue weighted by Crippen LogP contribution is 2.17. The van der Waals surface area contributed by atoms with E-state index in [1.54, 1.807) is 24.3 Å². The molecule has 0 unspecified atom stereocenters. The van der Waals surface area contributed by atoms with Crippen LogP contribution in [0.4, 0.5) is 0 Å². The summed E-state index contributed by atoms with van der Waals surface area (Å²) in [6, 6.07) is 5.17. The van der Waals surface area contributed by atoms with Crippen molar-refractivity contribution in [1.29, 1.82) is 5.41 Å². The van der Waals surface area contributed by atoms with Gasteiger partial charge < -0.3 is 26.5 Å². The number of hydrogen-bond acceptors (Lipinski definition) is 6. The van der Waals surface area contributed by atoms with E-state index in [9.17, 15) is 27.9 Å². The number of carbonyl (C=O) groups excluding carboxylic acids is 2. The molecule has 0 saturated heterocycles. The molecule has 33 heavy (non-hydrogen) atoms. The van der Waals surface area contributed by atoms with Crippen LogP contribution in [-0.4, -0.2) is 67.0 Å². The molecule has 0 aliphatic carbocycles. The van der Waals surface area contributed by atoms with Gasteiger partial charge in [0.2, 0.25) is 15.9 Å². The number of sulfonamides is 1. The number of fused-ring (bicyclic) bond motifs is 1. The van der Waals surface area contributed by atoms with Crippen molar-refractivity contribution >= 4 is 44.5 Å². The van der Waals surface area contributed by atoms with Crippen LogP contribution < -0.4 is 21.1 Å². The molecule has 2 amide bonds. The summed E-state index contributed by atoms with van der Waals surface area (Å²) in [6.45, 7) is 1.37. The molecule has 0 aliphatic heterocycles. The van der Waals surface area contributed by atoms with Gasteiger partial charge in [0.15, 0.2) is 0 Å². The zero-order chi connectivity index (χ0) is 24.6. The molecule has 13 heteroatoms. The molecule has 0 aliphatic rings. The number of H-pyrrole nitrogens is 1. The van der Waals surface area contributed by atoms with E-state index in [0.29, 0.717) is 23.9 Å². The Morgan fingerprint density at radius 1 is 1.21 bits per heavy atom. The maximum atomic E-state index is 12.3. The fraction of sp³-hybridized carbons (Fsp3) is 0.400. The number of unbranched alkanes of at least 4 members (excludes halogenated alkanes) is 1. The first-order valence-electron chi connectivity index (χ1n) is 10.3. The zero-order valence-electron chi connectivity index (χ0n) is 18.1. The zero-order valence-corrected chi connectivity index (χ0v) is 18.9. The minimum Gasteiger partial charge on any atom is -0.480 e. The van der Waals surface area contributed by atoms with Crippen LogP contribution >= 0.6 is 0 Å². The summed E-state index contributed by atoms with van der Waals surface area (Å²) in [5, 5.41) is 22.4. The van der Waals surface area contributed by atoms with Crippen LogP contribution in [0.15, 0.2) is 24.3 Å². The number of rotatable bonds is 13. The topological polar surface area (TPSA) is 207 Å². The van der Waals surface area contributed by atoms with Crippen molar-refractivity contribution in [3.05, 3.63) is 35.5 Å². The first-order valence-corrected chi connectivity index (χ1v) is 11.9. The van der Waals surface area contributed by atoms with E-state index in [-0.39, 0.29) is 30.2 Å². The van der Waals surface area contributed by atoms with Gasteiger partial charge in [-0.25, -0.2) is 8.42 Å². The monoisotopic (exact) mass is 480 g/mol. The number of nitrogens with one attached hydrogen (secondary N) is 5. The largest absolute Gasteiger partial charge is 0.480 e. The Bertz CT molecular complexity index is 1140. The Balaban J connectivity index is 1.83. The number of carboxylic acids is 1. The summed E-state index contributed by atoms with van der Waals surface area (Å²) in [5.41, 5.74) is 6.87. The third kappa shape index (κ3) is 7.88. The summed E-state index contributed by atoms with van der Waals surface area (Å²) in [6.07, 6.45) is 0.899. The second-order valence-corrected chi connectivity index (χ2v) is 9.26. The molecule has 0 spiro atoms. The first kappa shape index (κ1) is 25.8. The van der Waals surface area contributed by atoms with Gasteiger partial charge in [0.05, 0.1) is 5.75 Å². The smallest absolute Gasteiger partial charge is 0.323 e. The van der Waals surface area contributed by atoms with Gasteiger partial charge in [-0.3, -0.25) is 19.8 Å². The number of carboxylic acid groups (broad SMARTS) is 1. The molecule has 1 heterocycles. The van der Waals surface area contributed by atoms with E-state index in [2.05, 4.69) is 20.3 Å². The van der Waals surface area contributed by atoms with Gasteiger partial charge in [-0.05, 0) is 18.6 Å². The first-order chi connectivity index (χ1) is 15.5. The van der Waals surface area contributed by atoms with E-state index in [4.69, 9.17) is 11.1 Å². The van der Waals surface area contributed by atoms with Crippen LogP contribution in [0.25, 0.3) is 10.9 Å². The van der Waals surface area contributed by atoms with Crippen LogP contribution in [0.1, 0.15) is 42.2 Å². The SMILES string of the molecule is CCCCS(=O)(=O)N[C@@H](CNC(=O)CCNC(=O)c1cc2ccc(C(=N)N)cc2[nH]1)C(=O)O. The van der Waals surface area contributed by atoms with Crippen molar-refractivity contribution in [3.63, 3.8) is 0 Å². The molecule has 2 rings (SSSR count). The highest BCUT2D eigenvalue weighted by molar-refractivity contribution is 7.89. The fourth-order valence-electron chi connectivity index (χ4n) is 2.90. The number of amides is 2.